The van der Waals surface area contributed by atoms with Crippen LogP contribution in [0.2, 0.25) is 0 Å². The van der Waals surface area contributed by atoms with Crippen LogP contribution < -0.4 is 0 Å². The number of esters is 1. The zero-order valence-electron chi connectivity index (χ0n) is 46.8. The number of aliphatic hydroxyl groups is 3. The van der Waals surface area contributed by atoms with Crippen molar-refractivity contribution in [1.82, 2.24) is 4.90 Å². The number of ketones is 3. The van der Waals surface area contributed by atoms with Crippen LogP contribution in [0.1, 0.15) is 146 Å². The molecule has 1 saturated carbocycles. The normalized spacial score (nSPS) is 37.2. The number of fused-ring (bicyclic) bond motifs is 3. The molecule has 3 heterocycles. The molecule has 2 bridgehead atoms. The SMILES string of the molecule is COCCO[C@@H]1CCC(C[C@@H](C)C2CC(=O)[C@H](C)/C=C(\C)[C@@H](O)[C@@H](OC)C(=O)[C@H](C)C[C@H](C)/C=C/C=C/C=C(\C)[C@@H](OC(C)(C)CCO)C[C@@H]3CC[C@@H](C)[C@@](O)(O3)C(=O)C(=O)N3CCCC[C@H]3C(=O)O2)C[C@H]1OC. The Morgan fingerprint density at radius 3 is 2.27 bits per heavy atom. The van der Waals surface area contributed by atoms with Gasteiger partial charge in [-0.05, 0) is 127 Å². The highest BCUT2D eigenvalue weighted by atomic mass is 16.6. The summed E-state index contributed by atoms with van der Waals surface area (Å²) < 4.78 is 42.1. The molecule has 0 aromatic heterocycles. The van der Waals surface area contributed by atoms with Crippen LogP contribution in [0, 0.1) is 35.5 Å². The second-order valence-corrected chi connectivity index (χ2v) is 22.5. The van der Waals surface area contributed by atoms with E-state index in [9.17, 15) is 39.3 Å². The van der Waals surface area contributed by atoms with Gasteiger partial charge in [0.15, 0.2) is 5.78 Å². The number of rotatable bonds is 13. The molecule has 3 N–H and O–H groups in total. The number of carbonyl (C=O) groups excluding carboxylic acids is 5. The lowest BCUT2D eigenvalue weighted by atomic mass is 9.78. The minimum absolute atomic E-state index is 0.0140. The second kappa shape index (κ2) is 29.9. The molecular formula is C58H93NO15. The zero-order chi connectivity index (χ0) is 54.9. The van der Waals surface area contributed by atoms with Gasteiger partial charge in [0.05, 0.1) is 43.2 Å². The van der Waals surface area contributed by atoms with Gasteiger partial charge in [0.1, 0.15) is 30.1 Å². The minimum Gasteiger partial charge on any atom is -0.460 e. The maximum absolute atomic E-state index is 14.6. The number of hydrogen-bond donors (Lipinski definition) is 3. The summed E-state index contributed by atoms with van der Waals surface area (Å²) in [5.74, 6) is -8.14. The third-order valence-corrected chi connectivity index (χ3v) is 16.0. The molecule has 3 aliphatic heterocycles. The Morgan fingerprint density at radius 2 is 1.59 bits per heavy atom. The van der Waals surface area contributed by atoms with Gasteiger partial charge in [0, 0.05) is 65.1 Å². The van der Waals surface area contributed by atoms with E-state index in [-0.39, 0.29) is 73.9 Å². The van der Waals surface area contributed by atoms with Crippen molar-refractivity contribution in [2.75, 3.05) is 47.7 Å². The average molecular weight is 1040 g/mol. The van der Waals surface area contributed by atoms with Crippen molar-refractivity contribution in [2.45, 2.75) is 206 Å². The van der Waals surface area contributed by atoms with Gasteiger partial charge in [-0.3, -0.25) is 19.2 Å². The summed E-state index contributed by atoms with van der Waals surface area (Å²) in [5, 5.41) is 33.6. The molecule has 15 atom stereocenters. The fourth-order valence-corrected chi connectivity index (χ4v) is 11.1. The summed E-state index contributed by atoms with van der Waals surface area (Å²) in [4.78, 5) is 72.9. The van der Waals surface area contributed by atoms with Crippen LogP contribution >= 0.6 is 0 Å². The first-order valence-corrected chi connectivity index (χ1v) is 27.4. The van der Waals surface area contributed by atoms with Crippen molar-refractivity contribution in [1.29, 1.82) is 0 Å². The number of methoxy groups -OCH3 is 3. The lowest BCUT2D eigenvalue weighted by Gasteiger charge is -2.43. The molecule has 4 rings (SSSR count). The lowest BCUT2D eigenvalue weighted by Crippen LogP contribution is -2.61. The Morgan fingerprint density at radius 1 is 0.865 bits per heavy atom. The van der Waals surface area contributed by atoms with E-state index in [0.717, 1.165) is 18.4 Å². The largest absolute Gasteiger partial charge is 0.460 e. The Bertz CT molecular complexity index is 1960. The number of allylic oxidation sites excluding steroid dienone is 6. The molecule has 74 heavy (non-hydrogen) atoms. The van der Waals surface area contributed by atoms with Gasteiger partial charge in [-0.25, -0.2) is 4.79 Å². The van der Waals surface area contributed by atoms with E-state index in [0.29, 0.717) is 70.2 Å². The molecule has 2 saturated heterocycles. The average Bonchev–Trinajstić information content (AvgIpc) is 3.36. The van der Waals surface area contributed by atoms with Gasteiger partial charge in [0.25, 0.3) is 11.7 Å². The van der Waals surface area contributed by atoms with Crippen LogP contribution in [-0.2, 0) is 57.1 Å². The number of nitrogens with zero attached hydrogens (tertiary/aromatic N) is 1. The third-order valence-electron chi connectivity index (χ3n) is 16.0. The first kappa shape index (κ1) is 63.1. The van der Waals surface area contributed by atoms with Crippen LogP contribution in [0.4, 0.5) is 0 Å². The quantitative estimate of drug-likeness (QED) is 0.0710. The van der Waals surface area contributed by atoms with Crippen molar-refractivity contribution >= 4 is 29.2 Å². The van der Waals surface area contributed by atoms with E-state index in [1.165, 1.54) is 12.0 Å². The number of carbonyl (C=O) groups is 5. The van der Waals surface area contributed by atoms with Crippen molar-refractivity contribution in [2.24, 2.45) is 35.5 Å². The predicted octanol–water partition coefficient (Wildman–Crippen LogP) is 7.38. The molecule has 3 fully saturated rings. The third kappa shape index (κ3) is 17.8. The second-order valence-electron chi connectivity index (χ2n) is 22.5. The van der Waals surface area contributed by atoms with Gasteiger partial charge in [-0.2, -0.15) is 0 Å². The molecule has 0 aromatic rings. The molecule has 0 aromatic carbocycles. The Kier molecular flexibility index (Phi) is 25.5. The van der Waals surface area contributed by atoms with Gasteiger partial charge in [-0.15, -0.1) is 0 Å². The fourth-order valence-electron chi connectivity index (χ4n) is 11.1. The maximum atomic E-state index is 14.6. The molecule has 2 unspecified atom stereocenters. The van der Waals surface area contributed by atoms with Gasteiger partial charge in [0.2, 0.25) is 5.79 Å². The van der Waals surface area contributed by atoms with E-state index < -0.39 is 83.4 Å². The standard InChI is InChI=1S/C58H93NO15/c1-36-18-14-13-15-19-37(2)49(74-57(8,9)25-27-60)34-44-23-21-42(7)58(67,73-44)54(64)55(65)59-26-17-16-20-45(59)56(66)72-48(39(4)32-43-22-24-47(50(33-43)69-11)71-29-28-68-10)35-46(61)38(3)31-41(6)52(63)53(70-12)51(62)40(5)30-36/h13-15,18-19,31,36,38-40,42-45,47-50,52-53,60,63,67H,16-17,20-30,32-35H2,1-12H3/b15-13+,18-14+,37-19+,41-31+/t36-,38-,39-,40-,42-,43?,44+,45+,47-,48?,49+,50-,52-,53+,58-/m1/s1. The van der Waals surface area contributed by atoms with Crippen LogP contribution in [0.3, 0.4) is 0 Å². The molecule has 0 radical (unpaired) electrons. The smallest absolute Gasteiger partial charge is 0.329 e. The molecule has 420 valence electrons. The molecule has 0 spiro atoms. The summed E-state index contributed by atoms with van der Waals surface area (Å²) in [6.07, 6.45) is 12.1. The monoisotopic (exact) mass is 1040 g/mol. The van der Waals surface area contributed by atoms with Crippen molar-refractivity contribution in [3.05, 3.63) is 47.6 Å². The first-order valence-electron chi connectivity index (χ1n) is 27.4. The highest BCUT2D eigenvalue weighted by molar-refractivity contribution is 6.39. The van der Waals surface area contributed by atoms with Crippen molar-refractivity contribution in [3.63, 3.8) is 0 Å². The first-order chi connectivity index (χ1) is 35.0. The van der Waals surface area contributed by atoms with E-state index >= 15 is 0 Å². The maximum Gasteiger partial charge on any atom is 0.329 e. The molecule has 1 amide bonds. The summed E-state index contributed by atoms with van der Waals surface area (Å²) in [5.41, 5.74) is 0.463. The predicted molar refractivity (Wildman–Crippen MR) is 281 cm³/mol. The van der Waals surface area contributed by atoms with Gasteiger partial charge in [-0.1, -0.05) is 71.1 Å². The Labute approximate surface area is 442 Å². The fraction of sp³-hybridized carbons (Fsp3) is 0.776. The Hall–Kier alpha value is -3.45. The molecular weight excluding hydrogens is 951 g/mol. The number of hydrogen-bond acceptors (Lipinski definition) is 15. The summed E-state index contributed by atoms with van der Waals surface area (Å²) in [7, 11) is 4.67. The van der Waals surface area contributed by atoms with Crippen LogP contribution in [0.15, 0.2) is 47.6 Å². The van der Waals surface area contributed by atoms with Crippen molar-refractivity contribution < 1.29 is 72.5 Å². The van der Waals surface area contributed by atoms with Crippen LogP contribution in [0.5, 0.6) is 0 Å². The van der Waals surface area contributed by atoms with Gasteiger partial charge >= 0.3 is 5.97 Å². The summed E-state index contributed by atoms with van der Waals surface area (Å²) in [6, 6.07) is -1.16. The van der Waals surface area contributed by atoms with Gasteiger partial charge < -0.3 is 53.4 Å². The molecule has 16 heteroatoms. The van der Waals surface area contributed by atoms with E-state index in [1.54, 1.807) is 41.1 Å². The number of aliphatic hydroxyl groups excluding tert-OH is 2. The van der Waals surface area contributed by atoms with E-state index in [1.807, 2.05) is 71.9 Å². The summed E-state index contributed by atoms with van der Waals surface area (Å²) >= 11 is 0. The van der Waals surface area contributed by atoms with E-state index in [4.69, 9.17) is 33.2 Å². The number of Topliss-reactive ketones (excluding diaryl/α,β-unsaturated/α-hetero) is 3. The highest BCUT2D eigenvalue weighted by Gasteiger charge is 2.53. The molecule has 1 aliphatic carbocycles. The van der Waals surface area contributed by atoms with E-state index in [2.05, 4.69) is 0 Å². The number of ether oxygens (including phenoxy) is 7. The Balaban J connectivity index is 1.73. The number of piperidine rings is 1. The number of amides is 1. The van der Waals surface area contributed by atoms with Crippen LogP contribution in [-0.4, -0.2) is 157 Å². The molecule has 4 aliphatic rings. The zero-order valence-corrected chi connectivity index (χ0v) is 46.8. The highest BCUT2D eigenvalue weighted by Crippen LogP contribution is 2.39. The summed E-state index contributed by atoms with van der Waals surface area (Å²) in [6.45, 7) is 17.3. The number of cyclic esters (lactones) is 1. The minimum atomic E-state index is -2.49. The molecule has 16 nitrogen and oxygen atoms in total. The lowest BCUT2D eigenvalue weighted by molar-refractivity contribution is -0.267. The topological polar surface area (TPSA) is 214 Å². The van der Waals surface area contributed by atoms with Crippen LogP contribution in [0.25, 0.3) is 0 Å². The van der Waals surface area contributed by atoms with Crippen molar-refractivity contribution in [3.8, 4) is 0 Å².